The van der Waals surface area contributed by atoms with Gasteiger partial charge in [0, 0.05) is 43.9 Å². The van der Waals surface area contributed by atoms with E-state index in [0.29, 0.717) is 28.8 Å². The van der Waals surface area contributed by atoms with Gasteiger partial charge in [-0.3, -0.25) is 4.79 Å². The highest BCUT2D eigenvalue weighted by molar-refractivity contribution is 6.03. The molecule has 1 amide bonds. The van der Waals surface area contributed by atoms with Crippen LogP contribution in [0.4, 0.5) is 23.1 Å². The number of nitrogens with one attached hydrogen (secondary N) is 2. The van der Waals surface area contributed by atoms with Gasteiger partial charge in [0.1, 0.15) is 5.76 Å². The van der Waals surface area contributed by atoms with Crippen LogP contribution in [0.2, 0.25) is 0 Å². The Morgan fingerprint density at radius 2 is 1.80 bits per heavy atom. The van der Waals surface area contributed by atoms with Crippen molar-refractivity contribution in [1.82, 2.24) is 15.1 Å². The van der Waals surface area contributed by atoms with Crippen LogP contribution in [0.25, 0.3) is 0 Å². The summed E-state index contributed by atoms with van der Waals surface area (Å²) in [6.45, 7) is 1.79. The van der Waals surface area contributed by atoms with Gasteiger partial charge < -0.3 is 20.1 Å². The largest absolute Gasteiger partial charge is 0.378 e. The number of anilines is 4. The third-order valence-corrected chi connectivity index (χ3v) is 3.42. The molecular weight excluding hydrogens is 320 g/mol. The van der Waals surface area contributed by atoms with Gasteiger partial charge in [0.05, 0.1) is 5.56 Å². The van der Waals surface area contributed by atoms with Crippen LogP contribution in [0.3, 0.4) is 0 Å². The topological polar surface area (TPSA) is 96.2 Å². The first-order chi connectivity index (χ1) is 12.0. The van der Waals surface area contributed by atoms with Gasteiger partial charge in [-0.1, -0.05) is 5.16 Å². The molecule has 0 spiro atoms. The minimum Gasteiger partial charge on any atom is -0.378 e. The second-order valence-corrected chi connectivity index (χ2v) is 5.64. The van der Waals surface area contributed by atoms with Crippen LogP contribution in [0.15, 0.2) is 47.2 Å². The van der Waals surface area contributed by atoms with E-state index in [-0.39, 0.29) is 5.91 Å². The first-order valence-electron chi connectivity index (χ1n) is 7.62. The molecule has 0 saturated heterocycles. The van der Waals surface area contributed by atoms with Crippen LogP contribution in [-0.2, 0) is 0 Å². The standard InChI is InChI=1S/C17H18N6O2/c1-11-8-15(22-25-11)21-17-18-9-12(10-19-17)16(24)20-13-4-6-14(7-5-13)23(2)3/h4-10H,1-3H3,(H,20,24)(H,18,19,21,22). The summed E-state index contributed by atoms with van der Waals surface area (Å²) < 4.78 is 4.95. The van der Waals surface area contributed by atoms with Crippen molar-refractivity contribution in [3.8, 4) is 0 Å². The number of benzene rings is 1. The summed E-state index contributed by atoms with van der Waals surface area (Å²) in [6.07, 6.45) is 2.90. The van der Waals surface area contributed by atoms with Crippen molar-refractivity contribution in [1.29, 1.82) is 0 Å². The molecule has 2 aromatic heterocycles. The molecule has 8 nitrogen and oxygen atoms in total. The van der Waals surface area contributed by atoms with Crippen molar-refractivity contribution in [2.24, 2.45) is 0 Å². The average molecular weight is 338 g/mol. The van der Waals surface area contributed by atoms with Gasteiger partial charge in [-0.05, 0) is 31.2 Å². The second kappa shape index (κ2) is 7.00. The summed E-state index contributed by atoms with van der Waals surface area (Å²) in [5.41, 5.74) is 2.12. The van der Waals surface area contributed by atoms with E-state index >= 15 is 0 Å². The summed E-state index contributed by atoms with van der Waals surface area (Å²) in [5.74, 6) is 1.25. The van der Waals surface area contributed by atoms with Gasteiger partial charge >= 0.3 is 0 Å². The van der Waals surface area contributed by atoms with E-state index in [1.807, 2.05) is 43.3 Å². The van der Waals surface area contributed by atoms with Crippen molar-refractivity contribution < 1.29 is 9.32 Å². The van der Waals surface area contributed by atoms with Crippen molar-refractivity contribution in [2.75, 3.05) is 29.6 Å². The fraction of sp³-hybridized carbons (Fsp3) is 0.176. The molecular formula is C17H18N6O2. The molecule has 0 saturated carbocycles. The Hall–Kier alpha value is -3.42. The zero-order chi connectivity index (χ0) is 17.8. The second-order valence-electron chi connectivity index (χ2n) is 5.64. The Bertz CT molecular complexity index is 856. The van der Waals surface area contributed by atoms with E-state index in [9.17, 15) is 4.79 Å². The van der Waals surface area contributed by atoms with Crippen LogP contribution >= 0.6 is 0 Å². The zero-order valence-electron chi connectivity index (χ0n) is 14.1. The lowest BCUT2D eigenvalue weighted by molar-refractivity contribution is 0.102. The summed E-state index contributed by atoms with van der Waals surface area (Å²) in [5, 5.41) is 9.50. The van der Waals surface area contributed by atoms with Crippen molar-refractivity contribution >= 4 is 29.0 Å². The number of aromatic nitrogens is 3. The molecule has 2 heterocycles. The first-order valence-corrected chi connectivity index (χ1v) is 7.62. The van der Waals surface area contributed by atoms with Gasteiger partial charge in [-0.25, -0.2) is 9.97 Å². The van der Waals surface area contributed by atoms with Crippen molar-refractivity contribution in [2.45, 2.75) is 6.92 Å². The molecule has 8 heteroatoms. The number of aryl methyl sites for hydroxylation is 1. The first kappa shape index (κ1) is 16.4. The van der Waals surface area contributed by atoms with Gasteiger partial charge in [0.25, 0.3) is 5.91 Å². The maximum atomic E-state index is 12.3. The number of carbonyl (C=O) groups is 1. The SMILES string of the molecule is Cc1cc(Nc2ncc(C(=O)Nc3ccc(N(C)C)cc3)cn2)no1. The third kappa shape index (κ3) is 4.11. The van der Waals surface area contributed by atoms with Gasteiger partial charge in [-0.15, -0.1) is 0 Å². The highest BCUT2D eigenvalue weighted by Crippen LogP contribution is 2.17. The molecule has 25 heavy (non-hydrogen) atoms. The Kier molecular flexibility index (Phi) is 4.60. The minimum atomic E-state index is -0.276. The molecule has 0 atom stereocenters. The average Bonchev–Trinajstić information content (AvgIpc) is 3.01. The van der Waals surface area contributed by atoms with Crippen LogP contribution in [0.1, 0.15) is 16.1 Å². The summed E-state index contributed by atoms with van der Waals surface area (Å²) in [6, 6.07) is 9.27. The van der Waals surface area contributed by atoms with Crippen LogP contribution in [0, 0.1) is 6.92 Å². The van der Waals surface area contributed by atoms with E-state index in [2.05, 4.69) is 25.8 Å². The number of nitrogens with zero attached hydrogens (tertiary/aromatic N) is 4. The number of hydrogen-bond acceptors (Lipinski definition) is 7. The highest BCUT2D eigenvalue weighted by atomic mass is 16.5. The number of carbonyl (C=O) groups excluding carboxylic acids is 1. The third-order valence-electron chi connectivity index (χ3n) is 3.42. The lowest BCUT2D eigenvalue weighted by atomic mass is 10.2. The number of amides is 1. The molecule has 0 radical (unpaired) electrons. The molecule has 0 aliphatic rings. The van der Waals surface area contributed by atoms with Crippen molar-refractivity contribution in [3.63, 3.8) is 0 Å². The predicted molar refractivity (Wildman–Crippen MR) is 95.3 cm³/mol. The monoisotopic (exact) mass is 338 g/mol. The predicted octanol–water partition coefficient (Wildman–Crippen LogP) is 2.83. The maximum Gasteiger partial charge on any atom is 0.258 e. The summed E-state index contributed by atoms with van der Waals surface area (Å²) >= 11 is 0. The molecule has 2 N–H and O–H groups in total. The molecule has 1 aromatic carbocycles. The van der Waals surface area contributed by atoms with E-state index in [1.54, 1.807) is 13.0 Å². The molecule has 0 aliphatic carbocycles. The normalized spacial score (nSPS) is 10.4. The molecule has 128 valence electrons. The highest BCUT2D eigenvalue weighted by Gasteiger charge is 2.09. The minimum absolute atomic E-state index is 0.276. The molecule has 0 unspecified atom stereocenters. The van der Waals surface area contributed by atoms with E-state index in [4.69, 9.17) is 4.52 Å². The molecule has 0 bridgehead atoms. The van der Waals surface area contributed by atoms with Gasteiger partial charge in [0.15, 0.2) is 5.82 Å². The Morgan fingerprint density at radius 1 is 1.12 bits per heavy atom. The van der Waals surface area contributed by atoms with Crippen molar-refractivity contribution in [3.05, 3.63) is 54.0 Å². The van der Waals surface area contributed by atoms with Gasteiger partial charge in [-0.2, -0.15) is 0 Å². The smallest absolute Gasteiger partial charge is 0.258 e. The molecule has 0 aliphatic heterocycles. The van der Waals surface area contributed by atoms with E-state index in [0.717, 1.165) is 5.69 Å². The molecule has 3 aromatic rings. The zero-order valence-corrected chi connectivity index (χ0v) is 14.1. The fourth-order valence-electron chi connectivity index (χ4n) is 2.10. The maximum absolute atomic E-state index is 12.3. The molecule has 0 fully saturated rings. The Morgan fingerprint density at radius 3 is 2.36 bits per heavy atom. The number of rotatable bonds is 5. The fourth-order valence-corrected chi connectivity index (χ4v) is 2.10. The van der Waals surface area contributed by atoms with Crippen LogP contribution < -0.4 is 15.5 Å². The molecule has 3 rings (SSSR count). The quantitative estimate of drug-likeness (QED) is 0.738. The lowest BCUT2D eigenvalue weighted by Gasteiger charge is -2.13. The Balaban J connectivity index is 1.64. The van der Waals surface area contributed by atoms with E-state index in [1.165, 1.54) is 12.4 Å². The van der Waals surface area contributed by atoms with E-state index < -0.39 is 0 Å². The van der Waals surface area contributed by atoms with Crippen LogP contribution in [0.5, 0.6) is 0 Å². The summed E-state index contributed by atoms with van der Waals surface area (Å²) in [4.78, 5) is 22.5. The Labute approximate surface area is 144 Å². The summed E-state index contributed by atoms with van der Waals surface area (Å²) in [7, 11) is 3.92. The number of hydrogen-bond donors (Lipinski definition) is 2. The lowest BCUT2D eigenvalue weighted by Crippen LogP contribution is -2.13. The van der Waals surface area contributed by atoms with Gasteiger partial charge in [0.2, 0.25) is 5.95 Å². The van der Waals surface area contributed by atoms with Crippen LogP contribution in [-0.4, -0.2) is 35.1 Å².